The maximum absolute atomic E-state index is 12.5. The molecule has 0 radical (unpaired) electrons. The van der Waals surface area contributed by atoms with Crippen LogP contribution in [-0.4, -0.2) is 41.3 Å². The molecule has 2 aromatic rings. The first-order valence-corrected chi connectivity index (χ1v) is 11.7. The van der Waals surface area contributed by atoms with Gasteiger partial charge in [-0.3, -0.25) is 9.59 Å². The number of nitriles is 1. The van der Waals surface area contributed by atoms with Crippen LogP contribution in [0, 0.1) is 24.2 Å². The maximum Gasteiger partial charge on any atom is 0.228 e. The van der Waals surface area contributed by atoms with Gasteiger partial charge >= 0.3 is 0 Å². The molecule has 8 heteroatoms. The molecule has 1 fully saturated rings. The number of thiophene rings is 1. The number of amides is 2. The molecule has 0 saturated carbocycles. The van der Waals surface area contributed by atoms with Crippen LogP contribution in [0.3, 0.4) is 0 Å². The van der Waals surface area contributed by atoms with Crippen molar-refractivity contribution >= 4 is 34.0 Å². The standard InChI is InChI=1S/C23H27N5O2S/c1-15-5-9-25-20(13-15)26-22(30)16-6-10-28(11-7-16)12-8-21(29)27-23-18(14-24)17-3-2-4-19(17)31-23/h5,9,13,16H,2-4,6-8,10-12H2,1H3,(H,27,29)(H,25,26,30). The van der Waals surface area contributed by atoms with Gasteiger partial charge in [0.25, 0.3) is 0 Å². The summed E-state index contributed by atoms with van der Waals surface area (Å²) < 4.78 is 0. The number of carbonyl (C=O) groups excluding carboxylic acids is 2. The van der Waals surface area contributed by atoms with Gasteiger partial charge in [0.05, 0.1) is 5.56 Å². The Labute approximate surface area is 186 Å². The Morgan fingerprint density at radius 3 is 2.84 bits per heavy atom. The Balaban J connectivity index is 1.21. The summed E-state index contributed by atoms with van der Waals surface area (Å²) in [4.78, 5) is 32.6. The number of nitrogens with one attached hydrogen (secondary N) is 2. The van der Waals surface area contributed by atoms with Crippen molar-refractivity contribution in [2.24, 2.45) is 5.92 Å². The van der Waals surface area contributed by atoms with E-state index in [9.17, 15) is 14.9 Å². The number of anilines is 2. The molecule has 1 aliphatic carbocycles. The number of likely N-dealkylation sites (tertiary alicyclic amines) is 1. The van der Waals surface area contributed by atoms with Gasteiger partial charge in [0.1, 0.15) is 16.9 Å². The average molecular weight is 438 g/mol. The molecule has 0 aromatic carbocycles. The summed E-state index contributed by atoms with van der Waals surface area (Å²) in [5.41, 5.74) is 2.84. The number of hydrogen-bond acceptors (Lipinski definition) is 6. The fraction of sp³-hybridized carbons (Fsp3) is 0.478. The molecule has 3 heterocycles. The average Bonchev–Trinajstić information content (AvgIpc) is 3.33. The second-order valence-electron chi connectivity index (χ2n) is 8.30. The maximum atomic E-state index is 12.5. The van der Waals surface area contributed by atoms with E-state index < -0.39 is 0 Å². The zero-order valence-corrected chi connectivity index (χ0v) is 18.6. The number of piperidine rings is 1. The minimum Gasteiger partial charge on any atom is -0.317 e. The molecule has 1 aliphatic heterocycles. The number of aryl methyl sites for hydroxylation is 2. The third-order valence-electron chi connectivity index (χ3n) is 6.07. The van der Waals surface area contributed by atoms with Crippen molar-refractivity contribution in [1.29, 1.82) is 5.26 Å². The van der Waals surface area contributed by atoms with Gasteiger partial charge < -0.3 is 15.5 Å². The quantitative estimate of drug-likeness (QED) is 0.721. The van der Waals surface area contributed by atoms with Crippen LogP contribution < -0.4 is 10.6 Å². The molecule has 0 bridgehead atoms. The van der Waals surface area contributed by atoms with Crippen molar-refractivity contribution in [3.63, 3.8) is 0 Å². The van der Waals surface area contributed by atoms with Gasteiger partial charge in [-0.2, -0.15) is 5.26 Å². The monoisotopic (exact) mass is 437 g/mol. The molecule has 4 rings (SSSR count). The van der Waals surface area contributed by atoms with E-state index in [1.165, 1.54) is 4.88 Å². The summed E-state index contributed by atoms with van der Waals surface area (Å²) in [6.45, 7) is 4.22. The van der Waals surface area contributed by atoms with Gasteiger partial charge in [0, 0.05) is 30.0 Å². The second-order valence-corrected chi connectivity index (χ2v) is 9.40. The van der Waals surface area contributed by atoms with E-state index in [1.54, 1.807) is 17.5 Å². The number of carbonyl (C=O) groups is 2. The van der Waals surface area contributed by atoms with Gasteiger partial charge in [-0.05, 0) is 75.4 Å². The number of hydrogen-bond donors (Lipinski definition) is 2. The van der Waals surface area contributed by atoms with Crippen LogP contribution in [0.25, 0.3) is 0 Å². The topological polar surface area (TPSA) is 98.1 Å². The summed E-state index contributed by atoms with van der Waals surface area (Å²) in [7, 11) is 0. The lowest BCUT2D eigenvalue weighted by atomic mass is 9.96. The summed E-state index contributed by atoms with van der Waals surface area (Å²) in [5.74, 6) is 0.534. The van der Waals surface area contributed by atoms with Gasteiger partial charge in [0.2, 0.25) is 11.8 Å². The highest BCUT2D eigenvalue weighted by molar-refractivity contribution is 7.16. The SMILES string of the molecule is Cc1ccnc(NC(=O)C2CCN(CCC(=O)Nc3sc4c(c3C#N)CCC4)CC2)c1. The number of nitrogens with zero attached hydrogens (tertiary/aromatic N) is 3. The first kappa shape index (κ1) is 21.5. The molecule has 2 aliphatic rings. The predicted octanol–water partition coefficient (Wildman–Crippen LogP) is 3.49. The highest BCUT2D eigenvalue weighted by atomic mass is 32.1. The fourth-order valence-electron chi connectivity index (χ4n) is 4.31. The van der Waals surface area contributed by atoms with E-state index in [-0.39, 0.29) is 17.7 Å². The third-order valence-corrected chi connectivity index (χ3v) is 7.27. The Morgan fingerprint density at radius 1 is 1.29 bits per heavy atom. The molecule has 0 spiro atoms. The van der Waals surface area contributed by atoms with Crippen molar-refractivity contribution in [3.05, 3.63) is 39.9 Å². The molecule has 31 heavy (non-hydrogen) atoms. The van der Waals surface area contributed by atoms with Crippen LogP contribution in [0.2, 0.25) is 0 Å². The normalized spacial score (nSPS) is 16.5. The van der Waals surface area contributed by atoms with Crippen LogP contribution in [0.1, 0.15) is 47.3 Å². The molecule has 2 N–H and O–H groups in total. The van der Waals surface area contributed by atoms with Gasteiger partial charge in [-0.1, -0.05) is 0 Å². The summed E-state index contributed by atoms with van der Waals surface area (Å²) >= 11 is 1.55. The first-order valence-electron chi connectivity index (χ1n) is 10.8. The molecule has 2 aromatic heterocycles. The Morgan fingerprint density at radius 2 is 2.10 bits per heavy atom. The smallest absolute Gasteiger partial charge is 0.228 e. The molecule has 0 atom stereocenters. The summed E-state index contributed by atoms with van der Waals surface area (Å²) in [5, 5.41) is 16.0. The highest BCUT2D eigenvalue weighted by Crippen LogP contribution is 2.38. The second kappa shape index (κ2) is 9.58. The Bertz CT molecular complexity index is 1020. The van der Waals surface area contributed by atoms with E-state index in [0.29, 0.717) is 29.3 Å². The van der Waals surface area contributed by atoms with Crippen molar-refractivity contribution in [1.82, 2.24) is 9.88 Å². The van der Waals surface area contributed by atoms with Crippen LogP contribution in [0.15, 0.2) is 18.3 Å². The van der Waals surface area contributed by atoms with Gasteiger partial charge in [-0.25, -0.2) is 4.98 Å². The molecule has 7 nitrogen and oxygen atoms in total. The zero-order valence-electron chi connectivity index (χ0n) is 17.7. The number of rotatable bonds is 6. The predicted molar refractivity (Wildman–Crippen MR) is 121 cm³/mol. The Kier molecular flexibility index (Phi) is 6.64. The lowest BCUT2D eigenvalue weighted by Crippen LogP contribution is -2.39. The van der Waals surface area contributed by atoms with Crippen LogP contribution in [0.5, 0.6) is 0 Å². The largest absolute Gasteiger partial charge is 0.317 e. The number of pyridine rings is 1. The summed E-state index contributed by atoms with van der Waals surface area (Å²) in [6, 6.07) is 6.03. The minimum absolute atomic E-state index is 0.0188. The number of aromatic nitrogens is 1. The van der Waals surface area contributed by atoms with Gasteiger partial charge in [-0.15, -0.1) is 11.3 Å². The van der Waals surface area contributed by atoms with Crippen molar-refractivity contribution < 1.29 is 9.59 Å². The van der Waals surface area contributed by atoms with Crippen molar-refractivity contribution in [2.75, 3.05) is 30.3 Å². The number of fused-ring (bicyclic) bond motifs is 1. The van der Waals surface area contributed by atoms with Crippen molar-refractivity contribution in [2.45, 2.75) is 45.4 Å². The van der Waals surface area contributed by atoms with E-state index in [1.807, 2.05) is 19.1 Å². The molecular formula is C23H27N5O2S. The van der Waals surface area contributed by atoms with Crippen LogP contribution in [-0.2, 0) is 22.4 Å². The van der Waals surface area contributed by atoms with Crippen molar-refractivity contribution in [3.8, 4) is 6.07 Å². The van der Waals surface area contributed by atoms with E-state index >= 15 is 0 Å². The molecule has 162 valence electrons. The molecule has 1 saturated heterocycles. The molecule has 0 unspecified atom stereocenters. The summed E-state index contributed by atoms with van der Waals surface area (Å²) in [6.07, 6.45) is 6.67. The lowest BCUT2D eigenvalue weighted by Gasteiger charge is -2.31. The zero-order chi connectivity index (χ0) is 21.8. The van der Waals surface area contributed by atoms with E-state index in [0.717, 1.165) is 56.3 Å². The molecular weight excluding hydrogens is 410 g/mol. The van der Waals surface area contributed by atoms with Gasteiger partial charge in [0.15, 0.2) is 0 Å². The van der Waals surface area contributed by atoms with Crippen LogP contribution >= 0.6 is 11.3 Å². The third kappa shape index (κ3) is 5.12. The fourth-order valence-corrected chi connectivity index (χ4v) is 5.57. The van der Waals surface area contributed by atoms with E-state index in [2.05, 4.69) is 26.6 Å². The van der Waals surface area contributed by atoms with Crippen LogP contribution in [0.4, 0.5) is 10.8 Å². The minimum atomic E-state index is -0.0539. The molecule has 2 amide bonds. The lowest BCUT2D eigenvalue weighted by molar-refractivity contribution is -0.121. The first-order chi connectivity index (χ1) is 15.0. The Hall–Kier alpha value is -2.76. The highest BCUT2D eigenvalue weighted by Gasteiger charge is 2.26. The van der Waals surface area contributed by atoms with E-state index in [4.69, 9.17) is 0 Å².